The number of thiocarbonyl (C=S) groups is 2. The molecule has 4 N–H and O–H groups in total. The second-order valence-electron chi connectivity index (χ2n) is 5.36. The molecule has 26 heavy (non-hydrogen) atoms. The minimum atomic E-state index is 0.387. The average Bonchev–Trinajstić information content (AvgIpc) is 2.63. The molecule has 136 valence electrons. The maximum atomic E-state index is 5.32. The molecule has 0 aliphatic heterocycles. The normalized spacial score (nSPS) is 11.8. The average molecular weight is 405 g/mol. The minimum absolute atomic E-state index is 0.387. The highest BCUT2D eigenvalue weighted by atomic mass is 32.1. The van der Waals surface area contributed by atoms with E-state index in [4.69, 9.17) is 24.4 Å². The first-order valence-corrected chi connectivity index (χ1v) is 9.02. The highest BCUT2D eigenvalue weighted by Crippen LogP contribution is 2.25. The van der Waals surface area contributed by atoms with Crippen molar-refractivity contribution >= 4 is 75.2 Å². The lowest BCUT2D eigenvalue weighted by atomic mass is 10.1. The summed E-state index contributed by atoms with van der Waals surface area (Å²) < 4.78 is 0. The monoisotopic (exact) mass is 404 g/mol. The van der Waals surface area contributed by atoms with Crippen LogP contribution in [0, 0.1) is 0 Å². The largest absolute Gasteiger partial charge is 0.364 e. The standard InChI is InChI=1S/C17H20N6S3/c1-10(20-22-16(25)18-3)11(2)21-23-17(26)19-15-6-4-5-12-9-13(24)7-8-14(12)15/h4-9,24H,1-3H3,(H2,18,22,25)(H2,19,23,26)/b20-10+,21-11+. The number of thiol groups is 1. The van der Waals surface area contributed by atoms with Gasteiger partial charge in [0.25, 0.3) is 0 Å². The second kappa shape index (κ2) is 9.46. The van der Waals surface area contributed by atoms with E-state index in [1.807, 2.05) is 50.2 Å². The van der Waals surface area contributed by atoms with Gasteiger partial charge in [0.2, 0.25) is 0 Å². The summed E-state index contributed by atoms with van der Waals surface area (Å²) in [5.74, 6) is 0. The fourth-order valence-electron chi connectivity index (χ4n) is 2.02. The van der Waals surface area contributed by atoms with Gasteiger partial charge in [-0.3, -0.25) is 10.9 Å². The van der Waals surface area contributed by atoms with Crippen molar-refractivity contribution in [3.05, 3.63) is 36.4 Å². The van der Waals surface area contributed by atoms with E-state index in [1.165, 1.54) is 0 Å². The van der Waals surface area contributed by atoms with Crippen LogP contribution in [0.2, 0.25) is 0 Å². The highest BCUT2D eigenvalue weighted by molar-refractivity contribution is 7.80. The molecule has 2 rings (SSSR count). The number of hydrazone groups is 2. The molecule has 0 atom stereocenters. The Morgan fingerprint density at radius 3 is 2.27 bits per heavy atom. The minimum Gasteiger partial charge on any atom is -0.364 e. The molecule has 9 heteroatoms. The number of rotatable bonds is 4. The molecule has 0 unspecified atom stereocenters. The fraction of sp³-hybridized carbons (Fsp3) is 0.176. The van der Waals surface area contributed by atoms with Crippen molar-refractivity contribution in [3.63, 3.8) is 0 Å². The third-order valence-electron chi connectivity index (χ3n) is 3.51. The van der Waals surface area contributed by atoms with E-state index in [1.54, 1.807) is 7.05 Å². The van der Waals surface area contributed by atoms with Crippen molar-refractivity contribution in [1.82, 2.24) is 16.2 Å². The number of benzene rings is 2. The lowest BCUT2D eigenvalue weighted by Crippen LogP contribution is -2.30. The van der Waals surface area contributed by atoms with Crippen LogP contribution < -0.4 is 21.5 Å². The zero-order valence-electron chi connectivity index (χ0n) is 14.6. The third kappa shape index (κ3) is 5.65. The molecule has 0 spiro atoms. The quantitative estimate of drug-likeness (QED) is 0.233. The zero-order chi connectivity index (χ0) is 19.1. The Morgan fingerprint density at radius 2 is 1.62 bits per heavy atom. The first kappa shape index (κ1) is 20.1. The SMILES string of the molecule is CNC(=S)N/N=C(C)/C(C)=N/NC(=S)Nc1cccc2cc(S)ccc12. The van der Waals surface area contributed by atoms with Crippen molar-refractivity contribution in [3.8, 4) is 0 Å². The Labute approximate surface area is 168 Å². The molecule has 0 aromatic heterocycles. The van der Waals surface area contributed by atoms with Gasteiger partial charge in [-0.1, -0.05) is 18.2 Å². The van der Waals surface area contributed by atoms with E-state index >= 15 is 0 Å². The Hall–Kier alpha value is -2.23. The van der Waals surface area contributed by atoms with Crippen molar-refractivity contribution in [1.29, 1.82) is 0 Å². The van der Waals surface area contributed by atoms with Crippen LogP contribution in [0.5, 0.6) is 0 Å². The lowest BCUT2D eigenvalue weighted by Gasteiger charge is -2.11. The molecule has 0 saturated carbocycles. The number of hydrogen-bond donors (Lipinski definition) is 5. The van der Waals surface area contributed by atoms with Crippen molar-refractivity contribution in [2.75, 3.05) is 12.4 Å². The van der Waals surface area contributed by atoms with Gasteiger partial charge in [-0.15, -0.1) is 12.6 Å². The number of nitrogens with one attached hydrogen (secondary N) is 4. The van der Waals surface area contributed by atoms with Crippen molar-refractivity contribution in [2.45, 2.75) is 18.7 Å². The predicted molar refractivity (Wildman–Crippen MR) is 122 cm³/mol. The molecule has 0 amide bonds. The van der Waals surface area contributed by atoms with Crippen LogP contribution >= 0.6 is 37.1 Å². The van der Waals surface area contributed by atoms with Crippen LogP contribution in [-0.2, 0) is 0 Å². The van der Waals surface area contributed by atoms with E-state index in [2.05, 4.69) is 44.3 Å². The number of anilines is 1. The first-order valence-electron chi connectivity index (χ1n) is 7.76. The smallest absolute Gasteiger partial charge is 0.191 e. The molecule has 0 bridgehead atoms. The Balaban J connectivity index is 2.04. The van der Waals surface area contributed by atoms with Gasteiger partial charge < -0.3 is 10.6 Å². The van der Waals surface area contributed by atoms with Gasteiger partial charge in [0, 0.05) is 23.0 Å². The summed E-state index contributed by atoms with van der Waals surface area (Å²) in [7, 11) is 1.72. The number of nitrogens with zero attached hydrogens (tertiary/aromatic N) is 2. The molecule has 0 saturated heterocycles. The van der Waals surface area contributed by atoms with E-state index in [-0.39, 0.29) is 0 Å². The lowest BCUT2D eigenvalue weighted by molar-refractivity contribution is 0.974. The van der Waals surface area contributed by atoms with E-state index in [9.17, 15) is 0 Å². The van der Waals surface area contributed by atoms with Gasteiger partial charge in [0.05, 0.1) is 11.4 Å². The molecule has 0 heterocycles. The van der Waals surface area contributed by atoms with Gasteiger partial charge in [-0.05, 0) is 61.9 Å². The van der Waals surface area contributed by atoms with E-state index < -0.39 is 0 Å². The van der Waals surface area contributed by atoms with Crippen LogP contribution in [-0.4, -0.2) is 28.7 Å². The van der Waals surface area contributed by atoms with Crippen LogP contribution in [0.1, 0.15) is 13.8 Å². The van der Waals surface area contributed by atoms with Gasteiger partial charge in [-0.2, -0.15) is 10.2 Å². The predicted octanol–water partition coefficient (Wildman–Crippen LogP) is 3.26. The van der Waals surface area contributed by atoms with E-state index in [0.29, 0.717) is 21.6 Å². The molecular weight excluding hydrogens is 384 g/mol. The molecule has 0 aliphatic rings. The molecule has 0 radical (unpaired) electrons. The maximum Gasteiger partial charge on any atom is 0.191 e. The zero-order valence-corrected chi connectivity index (χ0v) is 17.1. The van der Waals surface area contributed by atoms with Gasteiger partial charge in [0.1, 0.15) is 0 Å². The first-order chi connectivity index (χ1) is 12.4. The maximum absolute atomic E-state index is 5.32. The summed E-state index contributed by atoms with van der Waals surface area (Å²) in [6, 6.07) is 11.9. The molecule has 0 fully saturated rings. The fourth-order valence-corrected chi connectivity index (χ4v) is 2.43. The molecule has 6 nitrogen and oxygen atoms in total. The van der Waals surface area contributed by atoms with Crippen LogP contribution in [0.25, 0.3) is 10.8 Å². The van der Waals surface area contributed by atoms with Crippen LogP contribution in [0.15, 0.2) is 51.5 Å². The van der Waals surface area contributed by atoms with Crippen molar-refractivity contribution < 1.29 is 0 Å². The molecule has 0 aliphatic carbocycles. The van der Waals surface area contributed by atoms with Crippen LogP contribution in [0.4, 0.5) is 5.69 Å². The summed E-state index contributed by atoms with van der Waals surface area (Å²) in [6.45, 7) is 3.65. The summed E-state index contributed by atoms with van der Waals surface area (Å²) in [6.07, 6.45) is 0. The molecular formula is C17H20N6S3. The number of fused-ring (bicyclic) bond motifs is 1. The third-order valence-corrected chi connectivity index (χ3v) is 4.28. The summed E-state index contributed by atoms with van der Waals surface area (Å²) in [4.78, 5) is 0.914. The van der Waals surface area contributed by atoms with Crippen molar-refractivity contribution in [2.24, 2.45) is 10.2 Å². The van der Waals surface area contributed by atoms with Crippen LogP contribution in [0.3, 0.4) is 0 Å². The highest BCUT2D eigenvalue weighted by Gasteiger charge is 2.04. The molecule has 2 aromatic rings. The summed E-state index contributed by atoms with van der Waals surface area (Å²) in [5, 5.41) is 17.3. The van der Waals surface area contributed by atoms with E-state index in [0.717, 1.165) is 21.4 Å². The number of hydrogen-bond acceptors (Lipinski definition) is 5. The summed E-state index contributed by atoms with van der Waals surface area (Å²) >= 11 is 14.7. The van der Waals surface area contributed by atoms with Gasteiger partial charge >= 0.3 is 0 Å². The Kier molecular flexibility index (Phi) is 7.31. The van der Waals surface area contributed by atoms with Gasteiger partial charge in [-0.25, -0.2) is 0 Å². The second-order valence-corrected chi connectivity index (χ2v) is 6.70. The van der Waals surface area contributed by atoms with Gasteiger partial charge in [0.15, 0.2) is 10.2 Å². The topological polar surface area (TPSA) is 72.8 Å². The Morgan fingerprint density at radius 1 is 0.962 bits per heavy atom. The Bertz CT molecular complexity index is 891. The molecule has 2 aromatic carbocycles. The summed E-state index contributed by atoms with van der Waals surface area (Å²) in [5.41, 5.74) is 7.80.